The molecule has 0 aliphatic rings. The van der Waals surface area contributed by atoms with Crippen molar-refractivity contribution in [3.63, 3.8) is 0 Å². The summed E-state index contributed by atoms with van der Waals surface area (Å²) in [7, 11) is -3.83. The number of aromatic hydroxyl groups is 1. The fourth-order valence-electron chi connectivity index (χ4n) is 0.871. The lowest BCUT2D eigenvalue weighted by atomic mass is 10.3. The summed E-state index contributed by atoms with van der Waals surface area (Å²) in [4.78, 5) is 9.90. The average molecular weight is 216 g/mol. The quantitative estimate of drug-likeness (QED) is 0.472. The maximum Gasteiger partial charge on any atom is 0.238 e. The van der Waals surface area contributed by atoms with Gasteiger partial charge in [0.2, 0.25) is 16.4 Å². The Balaban J connectivity index is 3.26. The predicted molar refractivity (Wildman–Crippen MR) is 49.2 cm³/mol. The van der Waals surface area contributed by atoms with Gasteiger partial charge in [-0.25, -0.2) is 13.6 Å². The second kappa shape index (κ2) is 3.64. The number of rotatable bonds is 3. The van der Waals surface area contributed by atoms with Crippen molar-refractivity contribution in [2.24, 2.45) is 5.14 Å². The van der Waals surface area contributed by atoms with Crippen LogP contribution in [0.4, 0.5) is 5.69 Å². The number of sulfonamides is 1. The van der Waals surface area contributed by atoms with E-state index in [1.165, 1.54) is 0 Å². The van der Waals surface area contributed by atoms with E-state index in [9.17, 15) is 18.3 Å². The Morgan fingerprint density at radius 1 is 1.43 bits per heavy atom. The average Bonchev–Trinajstić information content (AvgIpc) is 2.07. The summed E-state index contributed by atoms with van der Waals surface area (Å²) in [5.41, 5.74) is -0.00785. The zero-order chi connectivity index (χ0) is 10.8. The number of benzene rings is 1. The van der Waals surface area contributed by atoms with E-state index >= 15 is 0 Å². The number of hydrogen-bond acceptors (Lipinski definition) is 4. The van der Waals surface area contributed by atoms with Crippen LogP contribution in [0, 0.1) is 0 Å². The van der Waals surface area contributed by atoms with E-state index in [-0.39, 0.29) is 16.3 Å². The highest BCUT2D eigenvalue weighted by molar-refractivity contribution is 7.89. The summed E-state index contributed by atoms with van der Waals surface area (Å²) in [6.07, 6.45) is 0.321. The third kappa shape index (κ3) is 2.21. The first kappa shape index (κ1) is 10.5. The molecule has 14 heavy (non-hydrogen) atoms. The van der Waals surface area contributed by atoms with Gasteiger partial charge >= 0.3 is 0 Å². The maximum absolute atomic E-state index is 10.9. The van der Waals surface area contributed by atoms with Gasteiger partial charge < -0.3 is 10.4 Å². The molecule has 1 aromatic carbocycles. The molecule has 0 unspecified atom stereocenters. The molecule has 0 aliphatic carbocycles. The molecule has 7 heteroatoms. The molecule has 0 atom stereocenters. The molecule has 0 radical (unpaired) electrons. The normalized spacial score (nSPS) is 10.9. The van der Waals surface area contributed by atoms with Crippen LogP contribution in [0.25, 0.3) is 0 Å². The van der Waals surface area contributed by atoms with Gasteiger partial charge in [-0.3, -0.25) is 4.79 Å². The second-order valence-corrected chi connectivity index (χ2v) is 4.05. The number of carbonyl (C=O) groups is 1. The molecule has 0 aliphatic heterocycles. The predicted octanol–water partition coefficient (Wildman–Crippen LogP) is -0.392. The molecular weight excluding hydrogens is 208 g/mol. The van der Waals surface area contributed by atoms with Crippen molar-refractivity contribution < 1.29 is 18.3 Å². The monoisotopic (exact) mass is 216 g/mol. The third-order valence-electron chi connectivity index (χ3n) is 1.51. The van der Waals surface area contributed by atoms with Crippen molar-refractivity contribution in [1.82, 2.24) is 0 Å². The molecular formula is C7H8N2O4S. The number of phenolic OH excluding ortho intramolecular Hbond substituents is 1. The van der Waals surface area contributed by atoms with E-state index in [0.717, 1.165) is 18.2 Å². The van der Waals surface area contributed by atoms with Gasteiger partial charge in [0, 0.05) is 0 Å². The first-order valence-electron chi connectivity index (χ1n) is 3.51. The van der Waals surface area contributed by atoms with Gasteiger partial charge in [0.25, 0.3) is 0 Å². The summed E-state index contributed by atoms with van der Waals surface area (Å²) in [6, 6.07) is 3.34. The minimum absolute atomic E-state index is 0.00785. The molecule has 0 saturated heterocycles. The topological polar surface area (TPSA) is 109 Å². The van der Waals surface area contributed by atoms with Gasteiger partial charge in [-0.05, 0) is 18.2 Å². The van der Waals surface area contributed by atoms with Gasteiger partial charge in [-0.1, -0.05) is 0 Å². The second-order valence-electron chi connectivity index (χ2n) is 2.49. The number of carbonyl (C=O) groups excluding carboxylic acids is 1. The highest BCUT2D eigenvalue weighted by Crippen LogP contribution is 2.24. The SMILES string of the molecule is NS(=O)(=O)c1ccc(O)c(NC=O)c1. The van der Waals surface area contributed by atoms with Gasteiger partial charge in [-0.15, -0.1) is 0 Å². The molecule has 1 amide bonds. The van der Waals surface area contributed by atoms with E-state index < -0.39 is 10.0 Å². The smallest absolute Gasteiger partial charge is 0.238 e. The molecule has 4 N–H and O–H groups in total. The van der Waals surface area contributed by atoms with Crippen molar-refractivity contribution in [2.45, 2.75) is 4.90 Å². The Labute approximate surface area is 80.4 Å². The number of anilines is 1. The highest BCUT2D eigenvalue weighted by atomic mass is 32.2. The lowest BCUT2D eigenvalue weighted by Crippen LogP contribution is -2.12. The lowest BCUT2D eigenvalue weighted by Gasteiger charge is -2.04. The fraction of sp³-hybridized carbons (Fsp3) is 0. The van der Waals surface area contributed by atoms with Crippen molar-refractivity contribution in [3.05, 3.63) is 18.2 Å². The number of amides is 1. The van der Waals surface area contributed by atoms with E-state index in [4.69, 9.17) is 5.14 Å². The summed E-state index contributed by atoms with van der Waals surface area (Å²) in [6.45, 7) is 0. The Morgan fingerprint density at radius 3 is 2.57 bits per heavy atom. The maximum atomic E-state index is 10.9. The molecule has 76 valence electrons. The van der Waals surface area contributed by atoms with Crippen molar-refractivity contribution >= 4 is 22.1 Å². The Morgan fingerprint density at radius 2 is 2.07 bits per heavy atom. The van der Waals surface area contributed by atoms with Crippen LogP contribution in [0.5, 0.6) is 5.75 Å². The molecule has 0 spiro atoms. The third-order valence-corrected chi connectivity index (χ3v) is 2.42. The summed E-state index contributed by atoms with van der Waals surface area (Å²) in [5.74, 6) is -0.232. The standard InChI is InChI=1S/C7H8N2O4S/c8-14(12,13)5-1-2-7(11)6(3-5)9-4-10/h1-4,11H,(H,9,10)(H2,8,12,13). The van der Waals surface area contributed by atoms with E-state index in [2.05, 4.69) is 5.32 Å². The molecule has 1 aromatic rings. The number of nitrogens with one attached hydrogen (secondary N) is 1. The Kier molecular flexibility index (Phi) is 2.73. The molecule has 1 rings (SSSR count). The van der Waals surface area contributed by atoms with E-state index in [1.54, 1.807) is 0 Å². The molecule has 0 aromatic heterocycles. The molecule has 0 heterocycles. The van der Waals surface area contributed by atoms with Crippen molar-refractivity contribution in [1.29, 1.82) is 0 Å². The first-order chi connectivity index (χ1) is 6.45. The van der Waals surface area contributed by atoms with Crippen molar-refractivity contribution in [3.8, 4) is 5.75 Å². The summed E-state index contributed by atoms with van der Waals surface area (Å²) in [5, 5.41) is 16.2. The number of phenols is 1. The molecule has 0 bridgehead atoms. The van der Waals surface area contributed by atoms with Gasteiger partial charge in [0.15, 0.2) is 0 Å². The molecule has 0 saturated carbocycles. The largest absolute Gasteiger partial charge is 0.506 e. The van der Waals surface area contributed by atoms with Gasteiger partial charge in [-0.2, -0.15) is 0 Å². The van der Waals surface area contributed by atoms with Crippen molar-refractivity contribution in [2.75, 3.05) is 5.32 Å². The number of hydrogen-bond donors (Lipinski definition) is 3. The Hall–Kier alpha value is -1.60. The van der Waals surface area contributed by atoms with Crippen LogP contribution < -0.4 is 10.5 Å². The summed E-state index contributed by atoms with van der Waals surface area (Å²) >= 11 is 0. The fourth-order valence-corrected chi connectivity index (χ4v) is 1.41. The van der Waals surface area contributed by atoms with Crippen LogP contribution >= 0.6 is 0 Å². The number of primary sulfonamides is 1. The zero-order valence-electron chi connectivity index (χ0n) is 6.97. The van der Waals surface area contributed by atoms with Gasteiger partial charge in [0.1, 0.15) is 5.75 Å². The Bertz CT molecular complexity index is 455. The van der Waals surface area contributed by atoms with E-state index in [0.29, 0.717) is 6.41 Å². The first-order valence-corrected chi connectivity index (χ1v) is 5.06. The molecule has 0 fully saturated rings. The van der Waals surface area contributed by atoms with E-state index in [1.807, 2.05) is 0 Å². The minimum atomic E-state index is -3.83. The van der Waals surface area contributed by atoms with Crippen LogP contribution in [-0.4, -0.2) is 19.9 Å². The van der Waals surface area contributed by atoms with Crippen LogP contribution in [0.15, 0.2) is 23.1 Å². The van der Waals surface area contributed by atoms with Crippen LogP contribution in [0.1, 0.15) is 0 Å². The minimum Gasteiger partial charge on any atom is -0.506 e. The number of nitrogens with two attached hydrogens (primary N) is 1. The zero-order valence-corrected chi connectivity index (χ0v) is 7.78. The highest BCUT2D eigenvalue weighted by Gasteiger charge is 2.10. The lowest BCUT2D eigenvalue weighted by molar-refractivity contribution is -0.105. The van der Waals surface area contributed by atoms with Crippen LogP contribution in [0.2, 0.25) is 0 Å². The summed E-state index contributed by atoms with van der Waals surface area (Å²) < 4.78 is 21.8. The van der Waals surface area contributed by atoms with Gasteiger partial charge in [0.05, 0.1) is 10.6 Å². The van der Waals surface area contributed by atoms with Crippen LogP contribution in [-0.2, 0) is 14.8 Å². The molecule has 6 nitrogen and oxygen atoms in total. The van der Waals surface area contributed by atoms with Crippen LogP contribution in [0.3, 0.4) is 0 Å².